The van der Waals surface area contributed by atoms with E-state index < -0.39 is 0 Å². The highest BCUT2D eigenvalue weighted by atomic mass is 14.2. The molecular formula is C48H30. The molecule has 0 saturated carbocycles. The van der Waals surface area contributed by atoms with E-state index in [-0.39, 0.29) is 0 Å². The van der Waals surface area contributed by atoms with Gasteiger partial charge in [-0.15, -0.1) is 0 Å². The van der Waals surface area contributed by atoms with Gasteiger partial charge in [0, 0.05) is 0 Å². The van der Waals surface area contributed by atoms with Crippen LogP contribution in [0.15, 0.2) is 182 Å². The molecular weight excluding hydrogens is 577 g/mol. The quantitative estimate of drug-likeness (QED) is 0.176. The molecule has 0 bridgehead atoms. The maximum absolute atomic E-state index is 2.45. The summed E-state index contributed by atoms with van der Waals surface area (Å²) in [7, 11) is 0. The summed E-state index contributed by atoms with van der Waals surface area (Å²) in [6.45, 7) is 0. The Kier molecular flexibility index (Phi) is 5.98. The summed E-state index contributed by atoms with van der Waals surface area (Å²) in [6, 6.07) is 67.2. The second-order valence-corrected chi connectivity index (χ2v) is 12.9. The average Bonchev–Trinajstić information content (AvgIpc) is 3.17. The van der Waals surface area contributed by atoms with Gasteiger partial charge in [-0.2, -0.15) is 0 Å². The van der Waals surface area contributed by atoms with Gasteiger partial charge in [0.1, 0.15) is 0 Å². The van der Waals surface area contributed by atoms with Gasteiger partial charge in [-0.25, -0.2) is 0 Å². The summed E-state index contributed by atoms with van der Waals surface area (Å²) >= 11 is 0. The minimum Gasteiger partial charge on any atom is -0.0616 e. The molecule has 10 rings (SSSR count). The molecule has 0 heterocycles. The number of rotatable bonds is 3. The molecule has 10 aromatic rings. The van der Waals surface area contributed by atoms with Crippen LogP contribution < -0.4 is 0 Å². The fourth-order valence-corrected chi connectivity index (χ4v) is 7.92. The Hall–Kier alpha value is -6.24. The van der Waals surface area contributed by atoms with Crippen LogP contribution in [-0.2, 0) is 0 Å². The molecule has 0 nitrogen and oxygen atoms in total. The molecule has 0 unspecified atom stereocenters. The summed E-state index contributed by atoms with van der Waals surface area (Å²) in [5, 5.41) is 15.3. The van der Waals surface area contributed by atoms with Crippen molar-refractivity contribution in [3.63, 3.8) is 0 Å². The predicted molar refractivity (Wildman–Crippen MR) is 208 cm³/mol. The average molecular weight is 607 g/mol. The molecule has 0 saturated heterocycles. The van der Waals surface area contributed by atoms with Crippen LogP contribution in [0.4, 0.5) is 0 Å². The Balaban J connectivity index is 1.25. The van der Waals surface area contributed by atoms with E-state index in [1.807, 2.05) is 0 Å². The van der Waals surface area contributed by atoms with E-state index in [0.717, 1.165) is 0 Å². The third-order valence-corrected chi connectivity index (χ3v) is 10.2. The molecule has 0 heteroatoms. The van der Waals surface area contributed by atoms with Gasteiger partial charge in [-0.1, -0.05) is 152 Å². The Labute approximate surface area is 279 Å². The molecule has 0 spiro atoms. The van der Waals surface area contributed by atoms with Gasteiger partial charge in [-0.3, -0.25) is 0 Å². The van der Waals surface area contributed by atoms with Crippen LogP contribution in [0.25, 0.3) is 98.0 Å². The number of benzene rings is 10. The van der Waals surface area contributed by atoms with Crippen LogP contribution in [0.1, 0.15) is 0 Å². The van der Waals surface area contributed by atoms with Crippen molar-refractivity contribution in [2.24, 2.45) is 0 Å². The van der Waals surface area contributed by atoms with Crippen LogP contribution in [0.5, 0.6) is 0 Å². The van der Waals surface area contributed by atoms with Gasteiger partial charge in [-0.05, 0) is 128 Å². The fourth-order valence-electron chi connectivity index (χ4n) is 7.92. The lowest BCUT2D eigenvalue weighted by molar-refractivity contribution is 1.63. The highest BCUT2D eigenvalue weighted by Crippen LogP contribution is 2.44. The topological polar surface area (TPSA) is 0 Å². The number of hydrogen-bond donors (Lipinski definition) is 0. The lowest BCUT2D eigenvalue weighted by atomic mass is 9.85. The van der Waals surface area contributed by atoms with Crippen LogP contribution >= 0.6 is 0 Å². The van der Waals surface area contributed by atoms with Crippen molar-refractivity contribution in [2.45, 2.75) is 0 Å². The lowest BCUT2D eigenvalue weighted by Gasteiger charge is -2.18. The highest BCUT2D eigenvalue weighted by Gasteiger charge is 2.17. The Morgan fingerprint density at radius 2 is 0.646 bits per heavy atom. The summed E-state index contributed by atoms with van der Waals surface area (Å²) in [5.74, 6) is 0. The molecule has 0 amide bonds. The summed E-state index contributed by atoms with van der Waals surface area (Å²) < 4.78 is 0. The highest BCUT2D eigenvalue weighted by molar-refractivity contribution is 6.26. The van der Waals surface area contributed by atoms with E-state index in [4.69, 9.17) is 0 Å². The Morgan fingerprint density at radius 1 is 0.188 bits per heavy atom. The van der Waals surface area contributed by atoms with E-state index in [0.29, 0.717) is 0 Å². The Morgan fingerprint density at radius 3 is 1.33 bits per heavy atom. The molecule has 0 atom stereocenters. The van der Waals surface area contributed by atoms with Crippen molar-refractivity contribution in [3.8, 4) is 33.4 Å². The first-order valence-corrected chi connectivity index (χ1v) is 16.7. The zero-order valence-electron chi connectivity index (χ0n) is 26.3. The Bertz CT molecular complexity index is 2890. The van der Waals surface area contributed by atoms with Crippen molar-refractivity contribution in [2.75, 3.05) is 0 Å². The van der Waals surface area contributed by atoms with Crippen molar-refractivity contribution in [1.29, 1.82) is 0 Å². The van der Waals surface area contributed by atoms with Crippen molar-refractivity contribution >= 4 is 64.6 Å². The van der Waals surface area contributed by atoms with Gasteiger partial charge in [0.25, 0.3) is 0 Å². The molecule has 0 fully saturated rings. The second kappa shape index (κ2) is 10.7. The van der Waals surface area contributed by atoms with Gasteiger partial charge < -0.3 is 0 Å². The lowest BCUT2D eigenvalue weighted by Crippen LogP contribution is -1.90. The third kappa shape index (κ3) is 4.16. The van der Waals surface area contributed by atoms with Crippen molar-refractivity contribution in [3.05, 3.63) is 182 Å². The van der Waals surface area contributed by atoms with Gasteiger partial charge >= 0.3 is 0 Å². The van der Waals surface area contributed by atoms with E-state index in [9.17, 15) is 0 Å². The van der Waals surface area contributed by atoms with E-state index >= 15 is 0 Å². The molecule has 0 aromatic heterocycles. The monoisotopic (exact) mass is 606 g/mol. The number of hydrogen-bond acceptors (Lipinski definition) is 0. The zero-order chi connectivity index (χ0) is 31.6. The normalized spacial score (nSPS) is 11.8. The van der Waals surface area contributed by atoms with Gasteiger partial charge in [0.05, 0.1) is 0 Å². The van der Waals surface area contributed by atoms with Crippen molar-refractivity contribution < 1.29 is 0 Å². The standard InChI is InChI=1S/C48H30/c1-2-13-32-26-34(25-24-31(32)12-1)33-15-11-16-35(27-33)44-29-46-42-22-9-10-23-43(42)47(30-48(46)41-21-8-6-19-39(41)44)45-28-36-14-3-4-17-37(36)38-18-5-7-20-40(38)45/h1-30H. The molecule has 0 aliphatic heterocycles. The second-order valence-electron chi connectivity index (χ2n) is 12.9. The summed E-state index contributed by atoms with van der Waals surface area (Å²) in [4.78, 5) is 0. The molecule has 0 N–H and O–H groups in total. The largest absolute Gasteiger partial charge is 0.0616 e. The molecule has 48 heavy (non-hydrogen) atoms. The fraction of sp³-hybridized carbons (Fsp3) is 0. The van der Waals surface area contributed by atoms with Crippen molar-refractivity contribution in [1.82, 2.24) is 0 Å². The number of fused-ring (bicyclic) bond motifs is 9. The van der Waals surface area contributed by atoms with Crippen LogP contribution in [0, 0.1) is 0 Å². The molecule has 0 aliphatic rings. The molecule has 10 aromatic carbocycles. The predicted octanol–water partition coefficient (Wildman–Crippen LogP) is 13.6. The molecule has 0 radical (unpaired) electrons. The van der Waals surface area contributed by atoms with Crippen LogP contribution in [-0.4, -0.2) is 0 Å². The van der Waals surface area contributed by atoms with Gasteiger partial charge in [0.15, 0.2) is 0 Å². The maximum Gasteiger partial charge on any atom is -0.00923 e. The smallest absolute Gasteiger partial charge is 0.00923 e. The van der Waals surface area contributed by atoms with Crippen LogP contribution in [0.2, 0.25) is 0 Å². The first kappa shape index (κ1) is 26.9. The minimum absolute atomic E-state index is 1.23. The van der Waals surface area contributed by atoms with E-state index in [1.54, 1.807) is 0 Å². The summed E-state index contributed by atoms with van der Waals surface area (Å²) in [6.07, 6.45) is 0. The molecule has 222 valence electrons. The van der Waals surface area contributed by atoms with Crippen LogP contribution in [0.3, 0.4) is 0 Å². The third-order valence-electron chi connectivity index (χ3n) is 10.2. The van der Waals surface area contributed by atoms with E-state index in [1.165, 1.54) is 98.0 Å². The van der Waals surface area contributed by atoms with E-state index in [2.05, 4.69) is 182 Å². The maximum atomic E-state index is 2.45. The first-order chi connectivity index (χ1) is 23.8. The molecule has 0 aliphatic carbocycles. The first-order valence-electron chi connectivity index (χ1n) is 16.7. The SMILES string of the molecule is c1cc(-c2ccc3ccccc3c2)cc(-c2cc3c4ccccc4c(-c4cc5ccccc5c5ccccc45)cc3c3ccccc23)c1. The zero-order valence-corrected chi connectivity index (χ0v) is 26.3. The van der Waals surface area contributed by atoms with Gasteiger partial charge in [0.2, 0.25) is 0 Å². The summed E-state index contributed by atoms with van der Waals surface area (Å²) in [5.41, 5.74) is 7.50. The minimum atomic E-state index is 1.23.